The Morgan fingerprint density at radius 1 is 0.760 bits per heavy atom. The van der Waals surface area contributed by atoms with Gasteiger partial charge in [0.25, 0.3) is 0 Å². The predicted octanol–water partition coefficient (Wildman–Crippen LogP) is 7.40. The molecule has 0 aromatic rings. The summed E-state index contributed by atoms with van der Waals surface area (Å²) in [6.45, 7) is 2.94. The van der Waals surface area contributed by atoms with Crippen LogP contribution in [0.1, 0.15) is 116 Å². The fourth-order valence-electron chi connectivity index (χ4n) is 3.93. The molecule has 0 spiro atoms. The Balaban J connectivity index is 1.72. The summed E-state index contributed by atoms with van der Waals surface area (Å²) < 4.78 is 5.06. The van der Waals surface area contributed by atoms with E-state index < -0.39 is 7.15 Å². The van der Waals surface area contributed by atoms with Gasteiger partial charge < -0.3 is 9.42 Å². The Labute approximate surface area is 163 Å². The van der Waals surface area contributed by atoms with Crippen LogP contribution in [0, 0.1) is 11.8 Å². The predicted molar refractivity (Wildman–Crippen MR) is 115 cm³/mol. The van der Waals surface area contributed by atoms with Crippen molar-refractivity contribution in [1.29, 1.82) is 0 Å². The average molecular weight is 391 g/mol. The maximum atomic E-state index is 8.91. The molecule has 0 saturated heterocycles. The molecule has 1 saturated carbocycles. The van der Waals surface area contributed by atoms with Gasteiger partial charge in [0.05, 0.1) is 6.61 Å². The lowest BCUT2D eigenvalue weighted by molar-refractivity contribution is 0.311. The van der Waals surface area contributed by atoms with Crippen molar-refractivity contribution < 1.29 is 9.42 Å². The van der Waals surface area contributed by atoms with Crippen LogP contribution in [0.25, 0.3) is 0 Å². The van der Waals surface area contributed by atoms with Gasteiger partial charge in [0.2, 0.25) is 0 Å². The third kappa shape index (κ3) is 15.3. The quantitative estimate of drug-likeness (QED) is 0.184. The highest BCUT2D eigenvalue weighted by molar-refractivity contribution is 8.00. The minimum Gasteiger partial charge on any atom is -0.347 e. The number of unbranched alkanes of at least 4 members (excludes halogenated alkanes) is 12. The zero-order chi connectivity index (χ0) is 18.2. The lowest BCUT2D eigenvalue weighted by Gasteiger charge is -2.04. The SMILES string of the molecule is CCCCCCCCC1CC1CCCCCCCCCCO[PH](O)=S. The highest BCUT2D eigenvalue weighted by Crippen LogP contribution is 2.45. The summed E-state index contributed by atoms with van der Waals surface area (Å²) in [7, 11) is -1.87. The maximum absolute atomic E-state index is 8.91. The van der Waals surface area contributed by atoms with Gasteiger partial charge in [0.15, 0.2) is 7.15 Å². The molecule has 0 radical (unpaired) electrons. The molecule has 3 unspecified atom stereocenters. The molecule has 1 aliphatic carbocycles. The van der Waals surface area contributed by atoms with E-state index in [9.17, 15) is 0 Å². The number of rotatable bonds is 19. The second-order valence-electron chi connectivity index (χ2n) is 8.04. The first-order chi connectivity index (χ1) is 12.2. The van der Waals surface area contributed by atoms with Crippen LogP contribution >= 0.6 is 7.15 Å². The first kappa shape index (κ1) is 23.6. The van der Waals surface area contributed by atoms with E-state index in [4.69, 9.17) is 9.42 Å². The highest BCUT2D eigenvalue weighted by Gasteiger charge is 2.34. The van der Waals surface area contributed by atoms with E-state index in [1.807, 2.05) is 0 Å². The summed E-state index contributed by atoms with van der Waals surface area (Å²) in [6, 6.07) is 0. The maximum Gasteiger partial charge on any atom is 0.173 e. The zero-order valence-electron chi connectivity index (χ0n) is 16.6. The van der Waals surface area contributed by atoms with Crippen molar-refractivity contribution in [3.63, 3.8) is 0 Å². The normalized spacial score (nSPS) is 20.7. The van der Waals surface area contributed by atoms with Crippen LogP contribution in [-0.4, -0.2) is 11.5 Å². The second-order valence-corrected chi connectivity index (χ2v) is 9.91. The topological polar surface area (TPSA) is 29.5 Å². The molecule has 0 bridgehead atoms. The van der Waals surface area contributed by atoms with E-state index in [1.165, 1.54) is 103 Å². The lowest BCUT2D eigenvalue weighted by atomic mass is 10.0. The van der Waals surface area contributed by atoms with Gasteiger partial charge in [0, 0.05) is 0 Å². The van der Waals surface area contributed by atoms with E-state index >= 15 is 0 Å². The fourth-order valence-corrected chi connectivity index (χ4v) is 4.50. The van der Waals surface area contributed by atoms with Crippen LogP contribution in [0.3, 0.4) is 0 Å². The average Bonchev–Trinajstić information content (AvgIpc) is 3.34. The summed E-state index contributed by atoms with van der Waals surface area (Å²) in [4.78, 5) is 8.91. The van der Waals surface area contributed by atoms with Crippen LogP contribution in [0.5, 0.6) is 0 Å². The Morgan fingerprint density at radius 3 is 1.68 bits per heavy atom. The summed E-state index contributed by atoms with van der Waals surface area (Å²) >= 11 is 4.64. The first-order valence-electron chi connectivity index (χ1n) is 11.1. The summed E-state index contributed by atoms with van der Waals surface area (Å²) in [6.07, 6.45) is 23.9. The minimum atomic E-state index is -1.87. The van der Waals surface area contributed by atoms with Crippen molar-refractivity contribution in [2.24, 2.45) is 11.8 Å². The minimum absolute atomic E-state index is 0.648. The van der Waals surface area contributed by atoms with Crippen LogP contribution in [0.15, 0.2) is 0 Å². The van der Waals surface area contributed by atoms with E-state index in [0.717, 1.165) is 18.3 Å². The van der Waals surface area contributed by atoms with Gasteiger partial charge >= 0.3 is 0 Å². The largest absolute Gasteiger partial charge is 0.347 e. The van der Waals surface area contributed by atoms with E-state index in [2.05, 4.69) is 18.7 Å². The van der Waals surface area contributed by atoms with Gasteiger partial charge in [-0.15, -0.1) is 0 Å². The molecule has 4 heteroatoms. The monoisotopic (exact) mass is 390 g/mol. The van der Waals surface area contributed by atoms with Crippen molar-refractivity contribution in [3.05, 3.63) is 0 Å². The third-order valence-electron chi connectivity index (χ3n) is 5.69. The van der Waals surface area contributed by atoms with Gasteiger partial charge in [-0.2, -0.15) is 0 Å². The van der Waals surface area contributed by atoms with E-state index in [0.29, 0.717) is 6.61 Å². The fraction of sp³-hybridized carbons (Fsp3) is 1.00. The Morgan fingerprint density at radius 2 is 1.20 bits per heavy atom. The van der Waals surface area contributed by atoms with E-state index in [-0.39, 0.29) is 0 Å². The molecule has 2 nitrogen and oxygen atoms in total. The Kier molecular flexibility index (Phi) is 15.8. The Bertz CT molecular complexity index is 325. The number of hydrogen-bond acceptors (Lipinski definition) is 2. The zero-order valence-corrected chi connectivity index (χ0v) is 18.5. The molecule has 0 aromatic carbocycles. The van der Waals surface area contributed by atoms with Gasteiger partial charge in [-0.3, -0.25) is 0 Å². The molecular formula is C21H43O2PS. The van der Waals surface area contributed by atoms with Crippen molar-refractivity contribution in [2.75, 3.05) is 6.61 Å². The van der Waals surface area contributed by atoms with Crippen molar-refractivity contribution >= 4 is 19.0 Å². The second kappa shape index (κ2) is 16.7. The van der Waals surface area contributed by atoms with Gasteiger partial charge in [-0.25, -0.2) is 0 Å². The van der Waals surface area contributed by atoms with E-state index in [1.54, 1.807) is 0 Å². The van der Waals surface area contributed by atoms with Gasteiger partial charge in [-0.05, 0) is 36.5 Å². The number of hydrogen-bond donors (Lipinski definition) is 1. The first-order valence-corrected chi connectivity index (χ1v) is 13.6. The molecular weight excluding hydrogens is 347 g/mol. The van der Waals surface area contributed by atoms with Crippen LogP contribution < -0.4 is 0 Å². The summed E-state index contributed by atoms with van der Waals surface area (Å²) in [5.74, 6) is 2.20. The summed E-state index contributed by atoms with van der Waals surface area (Å²) in [5.41, 5.74) is 0. The smallest absolute Gasteiger partial charge is 0.173 e. The molecule has 150 valence electrons. The van der Waals surface area contributed by atoms with Crippen molar-refractivity contribution in [3.8, 4) is 0 Å². The van der Waals surface area contributed by atoms with Crippen molar-refractivity contribution in [1.82, 2.24) is 0 Å². The van der Waals surface area contributed by atoms with Crippen molar-refractivity contribution in [2.45, 2.75) is 116 Å². The van der Waals surface area contributed by atoms with Crippen LogP contribution in [0.2, 0.25) is 0 Å². The lowest BCUT2D eigenvalue weighted by Crippen LogP contribution is -1.88. The molecule has 1 N–H and O–H groups in total. The third-order valence-corrected chi connectivity index (χ3v) is 6.50. The highest BCUT2D eigenvalue weighted by atomic mass is 32.4. The standard InChI is InChI=1S/C21H43O2PS/c1-2-3-4-5-10-13-16-20-19-21(20)17-14-11-8-6-7-9-12-15-18-23-24(22)25/h20-21,24H,2-19H2,1H3,(H,22,25). The molecule has 0 aromatic heterocycles. The molecule has 1 rings (SSSR count). The van der Waals surface area contributed by atoms with Crippen LogP contribution in [-0.2, 0) is 16.3 Å². The van der Waals surface area contributed by atoms with Gasteiger partial charge in [0.1, 0.15) is 0 Å². The van der Waals surface area contributed by atoms with Gasteiger partial charge in [-0.1, -0.05) is 103 Å². The molecule has 25 heavy (non-hydrogen) atoms. The molecule has 0 aliphatic heterocycles. The molecule has 1 fully saturated rings. The molecule has 0 amide bonds. The molecule has 0 heterocycles. The Hall–Kier alpha value is 0.570. The molecule has 1 aliphatic rings. The summed E-state index contributed by atoms with van der Waals surface area (Å²) in [5, 5.41) is 0. The van der Waals surface area contributed by atoms with Crippen LogP contribution in [0.4, 0.5) is 0 Å². The molecule has 3 atom stereocenters.